The highest BCUT2D eigenvalue weighted by Gasteiger charge is 2.62. The van der Waals surface area contributed by atoms with Crippen LogP contribution in [0, 0.1) is 5.41 Å². The summed E-state index contributed by atoms with van der Waals surface area (Å²) < 4.78 is 0. The maximum Gasteiger partial charge on any atom is 0.293 e. The molecule has 1 aliphatic rings. The first-order chi connectivity index (χ1) is 13.5. The van der Waals surface area contributed by atoms with Gasteiger partial charge in [0, 0.05) is 6.42 Å². The summed E-state index contributed by atoms with van der Waals surface area (Å²) in [4.78, 5) is 0. The minimum atomic E-state index is -2.70. The Balaban J connectivity index is 1.95. The van der Waals surface area contributed by atoms with Crippen molar-refractivity contribution in [3.8, 4) is 0 Å². The van der Waals surface area contributed by atoms with Gasteiger partial charge in [-0.05, 0) is 61.1 Å². The normalized spacial score (nSPS) is 16.0. The van der Waals surface area contributed by atoms with Gasteiger partial charge in [0.1, 0.15) is 15.9 Å². The van der Waals surface area contributed by atoms with Crippen molar-refractivity contribution in [3.63, 3.8) is 0 Å². The molecule has 0 saturated heterocycles. The zero-order valence-electron chi connectivity index (χ0n) is 16.3. The van der Waals surface area contributed by atoms with Crippen molar-refractivity contribution in [1.29, 1.82) is 0 Å². The Kier molecular flexibility index (Phi) is 5.14. The fraction of sp³-hybridized carbons (Fsp3) is 0.280. The molecule has 0 atom stereocenters. The van der Waals surface area contributed by atoms with E-state index in [-0.39, 0.29) is 5.41 Å². The Hall–Kier alpha value is -1.99. The lowest BCUT2D eigenvalue weighted by Gasteiger charge is -2.37. The highest BCUT2D eigenvalue weighted by molar-refractivity contribution is 7.96. The van der Waals surface area contributed by atoms with Gasteiger partial charge in [0.05, 0.1) is 0 Å². The van der Waals surface area contributed by atoms with Crippen LogP contribution in [0.5, 0.6) is 0 Å². The molecule has 0 heterocycles. The third kappa shape index (κ3) is 3.42. The predicted molar refractivity (Wildman–Crippen MR) is 119 cm³/mol. The zero-order valence-corrected chi connectivity index (χ0v) is 17.2. The SMILES string of the molecule is CC1(CCC(O)(O)[P+](c2ccccc2)(c2ccccc2)c2ccccc2)CC1. The van der Waals surface area contributed by atoms with E-state index < -0.39 is 12.8 Å². The van der Waals surface area contributed by atoms with E-state index in [0.717, 1.165) is 22.3 Å². The summed E-state index contributed by atoms with van der Waals surface area (Å²) in [6.07, 6.45) is 3.55. The van der Waals surface area contributed by atoms with Gasteiger partial charge in [0.25, 0.3) is 5.53 Å². The van der Waals surface area contributed by atoms with Gasteiger partial charge in [-0.2, -0.15) is 0 Å². The van der Waals surface area contributed by atoms with Gasteiger partial charge in [-0.1, -0.05) is 61.5 Å². The minimum Gasteiger partial charge on any atom is -0.334 e. The van der Waals surface area contributed by atoms with E-state index >= 15 is 0 Å². The molecule has 0 aliphatic heterocycles. The van der Waals surface area contributed by atoms with Crippen LogP contribution in [-0.4, -0.2) is 15.7 Å². The Morgan fingerprint density at radius 1 is 0.714 bits per heavy atom. The summed E-state index contributed by atoms with van der Waals surface area (Å²) in [5.74, 6) is 0. The zero-order chi connectivity index (χ0) is 19.7. The second-order valence-corrected chi connectivity index (χ2v) is 11.9. The Labute approximate surface area is 168 Å². The van der Waals surface area contributed by atoms with Gasteiger partial charge in [-0.15, -0.1) is 0 Å². The molecular weight excluding hydrogens is 363 g/mol. The maximum absolute atomic E-state index is 11.8. The summed E-state index contributed by atoms with van der Waals surface area (Å²) in [5.41, 5.74) is -1.56. The van der Waals surface area contributed by atoms with Gasteiger partial charge in [0.2, 0.25) is 0 Å². The molecule has 1 fully saturated rings. The van der Waals surface area contributed by atoms with Crippen molar-refractivity contribution in [1.82, 2.24) is 0 Å². The van der Waals surface area contributed by atoms with Crippen LogP contribution in [0.3, 0.4) is 0 Å². The molecule has 0 aromatic heterocycles. The lowest BCUT2D eigenvalue weighted by molar-refractivity contribution is -0.0912. The monoisotopic (exact) mass is 391 g/mol. The van der Waals surface area contributed by atoms with Crippen molar-refractivity contribution in [2.75, 3.05) is 0 Å². The molecule has 2 N–H and O–H groups in total. The molecule has 3 aromatic rings. The summed E-state index contributed by atoms with van der Waals surface area (Å²) in [6.45, 7) is 2.25. The lowest BCUT2D eigenvalue weighted by atomic mass is 10.0. The number of hydrogen-bond acceptors (Lipinski definition) is 2. The fourth-order valence-electron chi connectivity index (χ4n) is 4.12. The van der Waals surface area contributed by atoms with Crippen LogP contribution >= 0.6 is 7.26 Å². The molecule has 0 unspecified atom stereocenters. The standard InChI is InChI=1S/C25H28O2P/c1-24(17-18-24)19-20-25(26,27)28(21-11-5-2-6-12-21,22-13-7-3-8-14-22)23-15-9-4-10-16-23/h2-16,26-27H,17-20H2,1H3/q+1. The topological polar surface area (TPSA) is 40.5 Å². The second-order valence-electron chi connectivity index (χ2n) is 8.26. The number of rotatable bonds is 7. The van der Waals surface area contributed by atoms with E-state index in [0.29, 0.717) is 6.42 Å². The minimum absolute atomic E-state index is 0.260. The molecule has 3 aromatic carbocycles. The summed E-state index contributed by atoms with van der Waals surface area (Å²) in [7, 11) is -2.70. The third-order valence-corrected chi connectivity index (χ3v) is 10.7. The van der Waals surface area contributed by atoms with Crippen LogP contribution in [0.15, 0.2) is 91.0 Å². The van der Waals surface area contributed by atoms with Gasteiger partial charge in [-0.3, -0.25) is 0 Å². The average molecular weight is 391 g/mol. The first-order valence-electron chi connectivity index (χ1n) is 9.99. The molecule has 0 spiro atoms. The summed E-state index contributed by atoms with van der Waals surface area (Å²) in [6, 6.07) is 30.2. The third-order valence-electron chi connectivity index (χ3n) is 6.14. The molecule has 0 bridgehead atoms. The highest BCUT2D eigenvalue weighted by atomic mass is 31.2. The van der Waals surface area contributed by atoms with Crippen LogP contribution in [-0.2, 0) is 0 Å². The molecule has 28 heavy (non-hydrogen) atoms. The van der Waals surface area contributed by atoms with Crippen LogP contribution in [0.2, 0.25) is 0 Å². The molecule has 0 radical (unpaired) electrons. The molecule has 2 nitrogen and oxygen atoms in total. The van der Waals surface area contributed by atoms with Gasteiger partial charge in [-0.25, -0.2) is 0 Å². The van der Waals surface area contributed by atoms with E-state index in [9.17, 15) is 10.2 Å². The van der Waals surface area contributed by atoms with E-state index in [4.69, 9.17) is 0 Å². The predicted octanol–water partition coefficient (Wildman–Crippen LogP) is 4.20. The largest absolute Gasteiger partial charge is 0.334 e. The molecule has 1 aliphatic carbocycles. The maximum atomic E-state index is 11.8. The summed E-state index contributed by atoms with van der Waals surface area (Å²) in [5, 5.41) is 26.6. The smallest absolute Gasteiger partial charge is 0.293 e. The van der Waals surface area contributed by atoms with Crippen LogP contribution in [0.25, 0.3) is 0 Å². The Morgan fingerprint density at radius 2 is 1.07 bits per heavy atom. The van der Waals surface area contributed by atoms with Crippen LogP contribution in [0.1, 0.15) is 32.6 Å². The first kappa shape index (κ1) is 19.3. The molecule has 1 saturated carbocycles. The Bertz CT molecular complexity index is 806. The summed E-state index contributed by atoms with van der Waals surface area (Å²) >= 11 is 0. The Morgan fingerprint density at radius 3 is 1.39 bits per heavy atom. The molecule has 0 amide bonds. The molecule has 4 rings (SSSR count). The van der Waals surface area contributed by atoms with Crippen molar-refractivity contribution in [2.24, 2.45) is 5.41 Å². The second kappa shape index (κ2) is 7.44. The van der Waals surface area contributed by atoms with E-state index in [1.165, 1.54) is 12.8 Å². The van der Waals surface area contributed by atoms with Crippen molar-refractivity contribution >= 4 is 23.2 Å². The van der Waals surface area contributed by atoms with Crippen molar-refractivity contribution < 1.29 is 10.2 Å². The average Bonchev–Trinajstić information content (AvgIpc) is 3.47. The van der Waals surface area contributed by atoms with Crippen LogP contribution in [0.4, 0.5) is 0 Å². The van der Waals surface area contributed by atoms with Gasteiger partial charge in [0.15, 0.2) is 7.26 Å². The number of aliphatic hydroxyl groups is 2. The van der Waals surface area contributed by atoms with Crippen molar-refractivity contribution in [3.05, 3.63) is 91.0 Å². The van der Waals surface area contributed by atoms with Crippen molar-refractivity contribution in [2.45, 2.75) is 38.1 Å². The molecule has 3 heteroatoms. The van der Waals surface area contributed by atoms with Gasteiger partial charge < -0.3 is 10.2 Å². The van der Waals surface area contributed by atoms with Gasteiger partial charge >= 0.3 is 0 Å². The first-order valence-corrected chi connectivity index (χ1v) is 11.8. The number of hydrogen-bond donors (Lipinski definition) is 2. The van der Waals surface area contributed by atoms with Crippen LogP contribution < -0.4 is 15.9 Å². The highest BCUT2D eigenvalue weighted by Crippen LogP contribution is 2.66. The molecular formula is C25H28O2P+. The quantitative estimate of drug-likeness (QED) is 0.468. The lowest BCUT2D eigenvalue weighted by Crippen LogP contribution is -2.48. The van der Waals surface area contributed by atoms with E-state index in [1.54, 1.807) is 0 Å². The number of benzene rings is 3. The molecule has 144 valence electrons. The van der Waals surface area contributed by atoms with E-state index in [2.05, 4.69) is 6.92 Å². The van der Waals surface area contributed by atoms with E-state index in [1.807, 2.05) is 91.0 Å². The fourth-order valence-corrected chi connectivity index (χ4v) is 8.56.